The van der Waals surface area contributed by atoms with Crippen molar-refractivity contribution in [2.24, 2.45) is 0 Å². The number of alkyl halides is 1. The van der Waals surface area contributed by atoms with Crippen LogP contribution in [0.15, 0.2) is 36.9 Å². The third kappa shape index (κ3) is 4.17. The minimum atomic E-state index is -0.153. The van der Waals surface area contributed by atoms with Gasteiger partial charge in [-0.2, -0.15) is 0 Å². The summed E-state index contributed by atoms with van der Waals surface area (Å²) >= 11 is 5.63. The number of hydrogen-bond acceptors (Lipinski definition) is 1. The molecule has 1 aromatic rings. The summed E-state index contributed by atoms with van der Waals surface area (Å²) < 4.78 is 0. The minimum absolute atomic E-state index is 0.153. The lowest BCUT2D eigenvalue weighted by atomic mass is 10.1. The number of amides is 1. The van der Waals surface area contributed by atoms with E-state index in [-0.39, 0.29) is 5.91 Å². The molecule has 3 heteroatoms. The summed E-state index contributed by atoms with van der Waals surface area (Å²) in [5.74, 6) is 0.479. The van der Waals surface area contributed by atoms with E-state index in [0.717, 1.165) is 12.0 Å². The SMILES string of the molecule is C=CC(=O)NCc1ccc(CCCl)cc1. The number of rotatable bonds is 5. The van der Waals surface area contributed by atoms with Crippen LogP contribution in [0.25, 0.3) is 0 Å². The van der Waals surface area contributed by atoms with E-state index in [1.807, 2.05) is 24.3 Å². The lowest BCUT2D eigenvalue weighted by molar-refractivity contribution is -0.116. The van der Waals surface area contributed by atoms with Crippen molar-refractivity contribution in [2.45, 2.75) is 13.0 Å². The number of nitrogens with one attached hydrogen (secondary N) is 1. The van der Waals surface area contributed by atoms with Gasteiger partial charge in [-0.1, -0.05) is 30.8 Å². The molecule has 0 radical (unpaired) electrons. The first-order valence-corrected chi connectivity index (χ1v) is 5.33. The van der Waals surface area contributed by atoms with Gasteiger partial charge in [-0.25, -0.2) is 0 Å². The first-order valence-electron chi connectivity index (χ1n) is 4.80. The highest BCUT2D eigenvalue weighted by Gasteiger charge is 1.96. The van der Waals surface area contributed by atoms with E-state index in [1.165, 1.54) is 11.6 Å². The van der Waals surface area contributed by atoms with Crippen molar-refractivity contribution in [3.05, 3.63) is 48.0 Å². The van der Waals surface area contributed by atoms with Gasteiger partial charge in [-0.15, -0.1) is 11.6 Å². The van der Waals surface area contributed by atoms with Crippen LogP contribution in [0.2, 0.25) is 0 Å². The largest absolute Gasteiger partial charge is 0.348 e. The third-order valence-electron chi connectivity index (χ3n) is 2.06. The molecule has 1 N–H and O–H groups in total. The molecular formula is C12H14ClNO. The Kier molecular flexibility index (Phi) is 4.91. The maximum atomic E-state index is 10.9. The summed E-state index contributed by atoms with van der Waals surface area (Å²) in [6.07, 6.45) is 2.14. The Morgan fingerprint density at radius 3 is 2.47 bits per heavy atom. The van der Waals surface area contributed by atoms with Crippen molar-refractivity contribution in [1.82, 2.24) is 5.32 Å². The quantitative estimate of drug-likeness (QED) is 0.602. The zero-order valence-corrected chi connectivity index (χ0v) is 9.26. The summed E-state index contributed by atoms with van der Waals surface area (Å²) in [6, 6.07) is 8.03. The number of aryl methyl sites for hydroxylation is 1. The van der Waals surface area contributed by atoms with Crippen LogP contribution in [0.5, 0.6) is 0 Å². The number of carbonyl (C=O) groups is 1. The van der Waals surface area contributed by atoms with Crippen LogP contribution in [0.1, 0.15) is 11.1 Å². The smallest absolute Gasteiger partial charge is 0.243 e. The molecule has 2 nitrogen and oxygen atoms in total. The molecule has 1 rings (SSSR count). The molecule has 0 saturated heterocycles. The van der Waals surface area contributed by atoms with Gasteiger partial charge >= 0.3 is 0 Å². The Hall–Kier alpha value is -1.28. The second kappa shape index (κ2) is 6.25. The third-order valence-corrected chi connectivity index (χ3v) is 2.25. The molecule has 0 aliphatic rings. The molecule has 0 aliphatic carbocycles. The van der Waals surface area contributed by atoms with E-state index in [9.17, 15) is 4.79 Å². The Morgan fingerprint density at radius 1 is 1.33 bits per heavy atom. The fraction of sp³-hybridized carbons (Fsp3) is 0.250. The van der Waals surface area contributed by atoms with Crippen LogP contribution in [0.3, 0.4) is 0 Å². The Labute approximate surface area is 94.9 Å². The molecule has 0 heterocycles. The molecule has 1 amide bonds. The van der Waals surface area contributed by atoms with Crippen LogP contribution in [-0.4, -0.2) is 11.8 Å². The first-order chi connectivity index (χ1) is 7.26. The fourth-order valence-corrected chi connectivity index (χ4v) is 1.41. The average Bonchev–Trinajstić information content (AvgIpc) is 2.28. The molecule has 1 aromatic carbocycles. The minimum Gasteiger partial charge on any atom is -0.348 e. The Morgan fingerprint density at radius 2 is 1.93 bits per heavy atom. The number of hydrogen-bond donors (Lipinski definition) is 1. The average molecular weight is 224 g/mol. The molecule has 80 valence electrons. The van der Waals surface area contributed by atoms with Gasteiger partial charge in [0.1, 0.15) is 0 Å². The van der Waals surface area contributed by atoms with Crippen molar-refractivity contribution >= 4 is 17.5 Å². The van der Waals surface area contributed by atoms with Crippen LogP contribution in [0, 0.1) is 0 Å². The molecule has 0 saturated carbocycles. The summed E-state index contributed by atoms with van der Waals surface area (Å²) in [4.78, 5) is 10.9. The van der Waals surface area contributed by atoms with Crippen molar-refractivity contribution in [2.75, 3.05) is 5.88 Å². The summed E-state index contributed by atoms with van der Waals surface area (Å²) in [6.45, 7) is 3.92. The fourth-order valence-electron chi connectivity index (χ4n) is 1.19. The molecular weight excluding hydrogens is 210 g/mol. The van der Waals surface area contributed by atoms with E-state index in [1.54, 1.807) is 0 Å². The standard InChI is InChI=1S/C12H14ClNO/c1-2-12(15)14-9-11-5-3-10(4-6-11)7-8-13/h2-6H,1,7-9H2,(H,14,15). The number of carbonyl (C=O) groups excluding carboxylic acids is 1. The van der Waals surface area contributed by atoms with Crippen LogP contribution in [0.4, 0.5) is 0 Å². The van der Waals surface area contributed by atoms with Crippen molar-refractivity contribution in [3.63, 3.8) is 0 Å². The second-order valence-corrected chi connectivity index (χ2v) is 3.56. The van der Waals surface area contributed by atoms with Gasteiger partial charge < -0.3 is 5.32 Å². The Bertz CT molecular complexity index is 332. The lowest BCUT2D eigenvalue weighted by Crippen LogP contribution is -2.19. The zero-order chi connectivity index (χ0) is 11.1. The molecule has 0 atom stereocenters. The molecule has 0 fully saturated rings. The van der Waals surface area contributed by atoms with Gasteiger partial charge in [0, 0.05) is 12.4 Å². The van der Waals surface area contributed by atoms with E-state index in [0.29, 0.717) is 12.4 Å². The topological polar surface area (TPSA) is 29.1 Å². The van der Waals surface area contributed by atoms with Gasteiger partial charge in [-0.05, 0) is 23.6 Å². The highest BCUT2D eigenvalue weighted by molar-refractivity contribution is 6.17. The highest BCUT2D eigenvalue weighted by atomic mass is 35.5. The van der Waals surface area contributed by atoms with Crippen molar-refractivity contribution < 1.29 is 4.79 Å². The van der Waals surface area contributed by atoms with E-state index >= 15 is 0 Å². The van der Waals surface area contributed by atoms with Crippen LogP contribution < -0.4 is 5.32 Å². The highest BCUT2D eigenvalue weighted by Crippen LogP contribution is 2.05. The summed E-state index contributed by atoms with van der Waals surface area (Å²) in [7, 11) is 0. The maximum Gasteiger partial charge on any atom is 0.243 e. The number of benzene rings is 1. The number of halogens is 1. The van der Waals surface area contributed by atoms with E-state index < -0.39 is 0 Å². The molecule has 0 aliphatic heterocycles. The molecule has 0 unspecified atom stereocenters. The van der Waals surface area contributed by atoms with Gasteiger partial charge in [-0.3, -0.25) is 4.79 Å². The summed E-state index contributed by atoms with van der Waals surface area (Å²) in [5.41, 5.74) is 2.28. The molecule has 0 spiro atoms. The zero-order valence-electron chi connectivity index (χ0n) is 8.50. The van der Waals surface area contributed by atoms with Gasteiger partial charge in [0.05, 0.1) is 0 Å². The normalized spacial score (nSPS) is 9.67. The predicted molar refractivity (Wildman–Crippen MR) is 62.9 cm³/mol. The van der Waals surface area contributed by atoms with Gasteiger partial charge in [0.2, 0.25) is 5.91 Å². The van der Waals surface area contributed by atoms with Crippen LogP contribution >= 0.6 is 11.6 Å². The Balaban J connectivity index is 2.49. The maximum absolute atomic E-state index is 10.9. The van der Waals surface area contributed by atoms with Crippen molar-refractivity contribution in [1.29, 1.82) is 0 Å². The van der Waals surface area contributed by atoms with Gasteiger partial charge in [0.25, 0.3) is 0 Å². The lowest BCUT2D eigenvalue weighted by Gasteiger charge is -2.03. The first kappa shape index (κ1) is 11.8. The summed E-state index contributed by atoms with van der Waals surface area (Å²) in [5, 5.41) is 2.72. The second-order valence-electron chi connectivity index (χ2n) is 3.18. The molecule has 0 aromatic heterocycles. The van der Waals surface area contributed by atoms with E-state index in [4.69, 9.17) is 11.6 Å². The predicted octanol–water partition coefficient (Wildman–Crippen LogP) is 2.27. The monoisotopic (exact) mass is 223 g/mol. The van der Waals surface area contributed by atoms with E-state index in [2.05, 4.69) is 11.9 Å². The van der Waals surface area contributed by atoms with Crippen molar-refractivity contribution in [3.8, 4) is 0 Å². The van der Waals surface area contributed by atoms with Crippen LogP contribution in [-0.2, 0) is 17.8 Å². The molecule has 15 heavy (non-hydrogen) atoms. The van der Waals surface area contributed by atoms with Gasteiger partial charge in [0.15, 0.2) is 0 Å². The molecule has 0 bridgehead atoms.